The van der Waals surface area contributed by atoms with Gasteiger partial charge >= 0.3 is 11.9 Å². The maximum atomic E-state index is 13.0. The number of H-pyrrole nitrogens is 6. The quantitative estimate of drug-likeness (QED) is 0.146. The number of aromatic nitrogens is 6. The highest BCUT2D eigenvalue weighted by Crippen LogP contribution is 2.41. The van der Waals surface area contributed by atoms with Gasteiger partial charge in [-0.25, -0.2) is 19.9 Å². The van der Waals surface area contributed by atoms with Crippen molar-refractivity contribution in [2.75, 3.05) is 24.6 Å². The molecule has 0 spiro atoms. The summed E-state index contributed by atoms with van der Waals surface area (Å²) in [5.41, 5.74) is 15.6. The Morgan fingerprint density at radius 1 is 1.00 bits per heavy atom. The molecule has 4 aromatic rings. The van der Waals surface area contributed by atoms with Gasteiger partial charge in [0.2, 0.25) is 0 Å². The van der Waals surface area contributed by atoms with Crippen molar-refractivity contribution < 1.29 is 19.6 Å². The Morgan fingerprint density at radius 3 is 2.41 bits per heavy atom. The summed E-state index contributed by atoms with van der Waals surface area (Å²) in [6, 6.07) is 3.43. The molecule has 4 heterocycles. The Bertz CT molecular complexity index is 1430. The number of fused-ring (bicyclic) bond motifs is 1. The van der Waals surface area contributed by atoms with E-state index in [1.165, 1.54) is 0 Å². The van der Waals surface area contributed by atoms with E-state index in [-0.39, 0.29) is 29.6 Å². The molecule has 2 amide bonds. The lowest BCUT2D eigenvalue weighted by Crippen LogP contribution is -2.45. The Balaban J connectivity index is 1.44. The van der Waals surface area contributed by atoms with E-state index in [1.807, 2.05) is 6.20 Å². The van der Waals surface area contributed by atoms with Gasteiger partial charge in [0.25, 0.3) is 11.8 Å². The van der Waals surface area contributed by atoms with Gasteiger partial charge in [-0.2, -0.15) is 0 Å². The molecule has 5 rings (SSSR count). The lowest BCUT2D eigenvalue weighted by atomic mass is 9.71. The molecule has 0 saturated carbocycles. The monoisotopic (exact) mass is 698 g/mol. The zero-order valence-electron chi connectivity index (χ0n) is 19.3. The first kappa shape index (κ1) is 25.6. The minimum atomic E-state index is -0.245. The second-order valence-electron chi connectivity index (χ2n) is 8.94. The number of anilines is 2. The molecule has 194 valence electrons. The number of carbonyl (C=O) groups excluding carboxylic acids is 2. The van der Waals surface area contributed by atoms with E-state index in [0.717, 1.165) is 26.0 Å². The molecular weight excluding hydrogens is 676 g/mol. The minimum Gasteiger partial charge on any atom is -0.356 e. The Labute approximate surface area is 235 Å². The van der Waals surface area contributed by atoms with Crippen molar-refractivity contribution in [3.63, 3.8) is 0 Å². The minimum absolute atomic E-state index is 0.0433. The number of halogens is 3. The molecule has 3 atom stereocenters. The topological polar surface area (TPSA) is 202 Å². The largest absolute Gasteiger partial charge is 0.356 e. The Morgan fingerprint density at radius 2 is 1.76 bits per heavy atom. The standard InChI is InChI=1S/C22H23Br3N10O2/c23-9-2-13(28-5-9)19(36)29-4-8-1-12-17(35-22(27)33-12)16(15-7-31-21(26)34-15)10(8)6-30-20(37)14-3-11(24)18(25)32-14/h2-3,5,7-8,10,16,28,32H,1,4,6H2,(H,29,36)(H,30,37)(H3,26,31,34)(H3,27,33,35)/p+2/t8-,10-,16+/m1/s1. The third-order valence-electron chi connectivity index (χ3n) is 6.57. The highest BCUT2D eigenvalue weighted by atomic mass is 79.9. The van der Waals surface area contributed by atoms with Gasteiger partial charge in [0.1, 0.15) is 28.5 Å². The summed E-state index contributed by atoms with van der Waals surface area (Å²) < 4.78 is 2.23. The molecule has 37 heavy (non-hydrogen) atoms. The van der Waals surface area contributed by atoms with Gasteiger partial charge in [-0.05, 0) is 71.8 Å². The van der Waals surface area contributed by atoms with Gasteiger partial charge in [0, 0.05) is 30.2 Å². The molecule has 0 bridgehead atoms. The molecule has 1 aliphatic carbocycles. The zero-order valence-corrected chi connectivity index (χ0v) is 24.0. The van der Waals surface area contributed by atoms with Crippen LogP contribution >= 0.6 is 47.8 Å². The number of nitrogens with one attached hydrogen (secondary N) is 8. The van der Waals surface area contributed by atoms with Crippen molar-refractivity contribution >= 4 is 71.5 Å². The van der Waals surface area contributed by atoms with Crippen LogP contribution in [0.4, 0.5) is 11.9 Å². The first-order valence-electron chi connectivity index (χ1n) is 11.4. The van der Waals surface area contributed by atoms with Crippen LogP contribution in [0.15, 0.2) is 38.1 Å². The number of imidazole rings is 2. The number of hydrogen-bond acceptors (Lipinski definition) is 4. The molecule has 0 unspecified atom stereocenters. The van der Waals surface area contributed by atoms with Crippen LogP contribution in [0.5, 0.6) is 0 Å². The Kier molecular flexibility index (Phi) is 7.18. The van der Waals surface area contributed by atoms with Crippen molar-refractivity contribution in [3.8, 4) is 0 Å². The van der Waals surface area contributed by atoms with Crippen LogP contribution < -0.4 is 32.1 Å². The van der Waals surface area contributed by atoms with Gasteiger partial charge < -0.3 is 20.6 Å². The van der Waals surface area contributed by atoms with Gasteiger partial charge in [-0.15, -0.1) is 0 Å². The number of rotatable bonds is 7. The van der Waals surface area contributed by atoms with E-state index in [9.17, 15) is 9.59 Å². The number of amides is 2. The third kappa shape index (κ3) is 5.33. The van der Waals surface area contributed by atoms with Crippen LogP contribution in [0.25, 0.3) is 0 Å². The molecular formula is C22H25Br3N10O2+2. The first-order chi connectivity index (χ1) is 17.7. The lowest BCUT2D eigenvalue weighted by molar-refractivity contribution is -0.375. The number of hydrogen-bond donors (Lipinski definition) is 8. The number of aromatic amines is 6. The van der Waals surface area contributed by atoms with Crippen LogP contribution in [-0.4, -0.2) is 44.8 Å². The number of carbonyl (C=O) groups is 2. The molecule has 0 aliphatic heterocycles. The molecule has 0 radical (unpaired) electrons. The summed E-state index contributed by atoms with van der Waals surface area (Å²) in [5, 5.41) is 6.10. The third-order valence-corrected chi connectivity index (χ3v) is 8.81. The lowest BCUT2D eigenvalue weighted by Gasteiger charge is -2.35. The van der Waals surface area contributed by atoms with Crippen LogP contribution in [0.2, 0.25) is 0 Å². The van der Waals surface area contributed by atoms with Crippen molar-refractivity contribution in [1.82, 2.24) is 30.6 Å². The fourth-order valence-corrected chi connectivity index (χ4v) is 5.90. The molecule has 4 aromatic heterocycles. The summed E-state index contributed by atoms with van der Waals surface area (Å²) in [6.45, 7) is 0.716. The summed E-state index contributed by atoms with van der Waals surface area (Å²) in [4.78, 5) is 44.4. The van der Waals surface area contributed by atoms with E-state index >= 15 is 0 Å². The van der Waals surface area contributed by atoms with Crippen molar-refractivity contribution in [2.45, 2.75) is 12.3 Å². The molecule has 15 heteroatoms. The molecule has 1 aliphatic rings. The second kappa shape index (κ2) is 10.4. The van der Waals surface area contributed by atoms with Gasteiger partial charge in [-0.1, -0.05) is 0 Å². The van der Waals surface area contributed by atoms with Crippen LogP contribution in [0, 0.1) is 11.8 Å². The van der Waals surface area contributed by atoms with Crippen LogP contribution in [-0.2, 0) is 6.42 Å². The smallest absolute Gasteiger partial charge is 0.350 e. The summed E-state index contributed by atoms with van der Waals surface area (Å²) in [7, 11) is 0. The van der Waals surface area contributed by atoms with Gasteiger partial charge in [-0.3, -0.25) is 21.1 Å². The zero-order chi connectivity index (χ0) is 26.3. The van der Waals surface area contributed by atoms with Crippen molar-refractivity contribution in [2.24, 2.45) is 11.8 Å². The summed E-state index contributed by atoms with van der Waals surface area (Å²) in [5.74, 6) is 0.0110. The highest BCUT2D eigenvalue weighted by molar-refractivity contribution is 9.13. The SMILES string of the molecule is Nc1[nH]c([C@H]2c3[nH+]c(N)[nH]c3C[C@H](CNC(=O)c3cc(Br)c[nH]3)[C@H]2CNC(=O)c2cc(Br)c(Br)[nH]2)c[nH+]1. The van der Waals surface area contributed by atoms with E-state index in [0.29, 0.717) is 47.4 Å². The molecule has 0 fully saturated rings. The highest BCUT2D eigenvalue weighted by Gasteiger charge is 2.44. The van der Waals surface area contributed by atoms with Gasteiger partial charge in [0.05, 0.1) is 21.2 Å². The summed E-state index contributed by atoms with van der Waals surface area (Å²) in [6.07, 6.45) is 4.14. The van der Waals surface area contributed by atoms with E-state index < -0.39 is 0 Å². The van der Waals surface area contributed by atoms with Crippen molar-refractivity contribution in [1.29, 1.82) is 0 Å². The fourth-order valence-electron chi connectivity index (χ4n) is 4.90. The van der Waals surface area contributed by atoms with E-state index in [1.54, 1.807) is 18.3 Å². The fraction of sp³-hybridized carbons (Fsp3) is 0.273. The maximum Gasteiger partial charge on any atom is 0.350 e. The van der Waals surface area contributed by atoms with Crippen LogP contribution in [0.3, 0.4) is 0 Å². The average molecular weight is 701 g/mol. The predicted octanol–water partition coefficient (Wildman–Crippen LogP) is 1.86. The summed E-state index contributed by atoms with van der Waals surface area (Å²) >= 11 is 10.1. The molecule has 0 saturated heterocycles. The Hall–Kier alpha value is -3.04. The van der Waals surface area contributed by atoms with Gasteiger partial charge in [0.15, 0.2) is 0 Å². The normalized spacial score (nSPS) is 18.9. The maximum absolute atomic E-state index is 13.0. The van der Waals surface area contributed by atoms with E-state index in [2.05, 4.69) is 88.3 Å². The average Bonchev–Trinajstić information content (AvgIpc) is 3.63. The second-order valence-corrected chi connectivity index (χ2v) is 11.5. The number of nitrogen functional groups attached to an aromatic ring is 2. The molecule has 12 nitrogen and oxygen atoms in total. The number of nitrogens with two attached hydrogens (primary N) is 2. The molecule has 0 aromatic carbocycles. The van der Waals surface area contributed by atoms with Crippen molar-refractivity contribution in [3.05, 3.63) is 66.5 Å². The molecule has 12 N–H and O–H groups in total. The first-order valence-corrected chi connectivity index (χ1v) is 13.8. The van der Waals surface area contributed by atoms with E-state index in [4.69, 9.17) is 11.5 Å². The van der Waals surface area contributed by atoms with Crippen LogP contribution in [0.1, 0.15) is 44.0 Å². The predicted molar refractivity (Wildman–Crippen MR) is 145 cm³/mol.